The van der Waals surface area contributed by atoms with E-state index in [0.717, 1.165) is 11.1 Å². The zero-order valence-electron chi connectivity index (χ0n) is 24.6. The molecule has 10 heteroatoms. The lowest BCUT2D eigenvalue weighted by Gasteiger charge is -2.40. The number of hydrogen-bond donors (Lipinski definition) is 1. The molecular formula is C29H39B2BrFNO5. The third-order valence-corrected chi connectivity index (χ3v) is 8.96. The van der Waals surface area contributed by atoms with Gasteiger partial charge >= 0.3 is 14.0 Å². The number of nitrogens with one attached hydrogen (secondary N) is 1. The summed E-state index contributed by atoms with van der Waals surface area (Å²) in [5, 5.41) is 2.85. The summed E-state index contributed by atoms with van der Waals surface area (Å²) in [6.07, 6.45) is 0. The molecule has 1 N–H and O–H groups in total. The SMILES string of the molecule is CC(C)(C)c1ccc(C(=O)NCc2ccc(Br)cc2F)cc1C1(C)OB(B2OC(C)(C)C(C)(C)O2)OC1(C)C. The van der Waals surface area contributed by atoms with Gasteiger partial charge in [0.15, 0.2) is 0 Å². The molecule has 1 atom stereocenters. The highest BCUT2D eigenvalue weighted by Crippen LogP contribution is 2.50. The number of halogens is 2. The number of benzene rings is 2. The zero-order chi connectivity index (χ0) is 29.2. The van der Waals surface area contributed by atoms with Crippen LogP contribution in [0.25, 0.3) is 0 Å². The van der Waals surface area contributed by atoms with Crippen LogP contribution >= 0.6 is 15.9 Å². The predicted octanol–water partition coefficient (Wildman–Crippen LogP) is 6.52. The van der Waals surface area contributed by atoms with E-state index in [4.69, 9.17) is 18.6 Å². The van der Waals surface area contributed by atoms with Crippen molar-refractivity contribution in [2.24, 2.45) is 0 Å². The molecule has 0 saturated carbocycles. The maximum absolute atomic E-state index is 14.3. The molecule has 2 aromatic rings. The number of carbonyl (C=O) groups excluding carboxylic acids is 1. The molecule has 4 rings (SSSR count). The summed E-state index contributed by atoms with van der Waals surface area (Å²) >= 11 is 3.26. The molecule has 0 aliphatic carbocycles. The fourth-order valence-electron chi connectivity index (χ4n) is 4.98. The standard InChI is InChI=1S/C29H39B2BrFNO5/c1-25(2,3)21-14-12-18(24(35)34-17-19-11-13-20(32)16-23(19)33)15-22(21)29(10)28(8,9)38-31(39-29)30-36-26(4,5)27(6,7)37-30/h11-16H,17H2,1-10H3,(H,34,35). The second-order valence-electron chi connectivity index (χ2n) is 13.2. The Kier molecular flexibility index (Phi) is 7.74. The Morgan fingerprint density at radius 2 is 1.44 bits per heavy atom. The van der Waals surface area contributed by atoms with E-state index in [-0.39, 0.29) is 23.7 Å². The van der Waals surface area contributed by atoms with Gasteiger partial charge in [0.1, 0.15) is 11.4 Å². The largest absolute Gasteiger partial charge is 0.489 e. The molecule has 0 aromatic heterocycles. The van der Waals surface area contributed by atoms with Crippen molar-refractivity contribution in [1.29, 1.82) is 0 Å². The lowest BCUT2D eigenvalue weighted by molar-refractivity contribution is -0.0145. The molecule has 39 heavy (non-hydrogen) atoms. The van der Waals surface area contributed by atoms with Crippen LogP contribution in [0.15, 0.2) is 40.9 Å². The first-order chi connectivity index (χ1) is 17.8. The molecule has 2 heterocycles. The Hall–Kier alpha value is -1.71. The first kappa shape index (κ1) is 30.3. The van der Waals surface area contributed by atoms with E-state index in [1.54, 1.807) is 18.2 Å². The fraction of sp³-hybridized carbons (Fsp3) is 0.552. The van der Waals surface area contributed by atoms with Crippen molar-refractivity contribution >= 4 is 35.9 Å². The maximum Gasteiger partial charge on any atom is 0.489 e. The summed E-state index contributed by atoms with van der Waals surface area (Å²) in [5.74, 6) is -0.685. The van der Waals surface area contributed by atoms with Crippen molar-refractivity contribution in [2.45, 2.75) is 104 Å². The van der Waals surface area contributed by atoms with Gasteiger partial charge in [-0.25, -0.2) is 4.39 Å². The van der Waals surface area contributed by atoms with Crippen LogP contribution in [0.2, 0.25) is 0 Å². The summed E-state index contributed by atoms with van der Waals surface area (Å²) in [4.78, 5) is 13.3. The van der Waals surface area contributed by atoms with E-state index < -0.39 is 36.4 Å². The highest BCUT2D eigenvalue weighted by atomic mass is 79.9. The van der Waals surface area contributed by atoms with Crippen molar-refractivity contribution in [3.05, 3.63) is 68.9 Å². The maximum atomic E-state index is 14.3. The molecule has 1 amide bonds. The van der Waals surface area contributed by atoms with Gasteiger partial charge in [-0.2, -0.15) is 0 Å². The van der Waals surface area contributed by atoms with E-state index in [2.05, 4.69) is 42.0 Å². The van der Waals surface area contributed by atoms with Crippen LogP contribution in [-0.2, 0) is 36.2 Å². The summed E-state index contributed by atoms with van der Waals surface area (Å²) in [6.45, 7) is 20.4. The van der Waals surface area contributed by atoms with Crippen LogP contribution in [0.4, 0.5) is 4.39 Å². The lowest BCUT2D eigenvalue weighted by atomic mass is 9.49. The highest BCUT2D eigenvalue weighted by Gasteiger charge is 2.65. The molecule has 2 fully saturated rings. The zero-order valence-corrected chi connectivity index (χ0v) is 26.2. The summed E-state index contributed by atoms with van der Waals surface area (Å²) in [5.41, 5.74) is -0.273. The second kappa shape index (κ2) is 9.98. The van der Waals surface area contributed by atoms with E-state index in [1.807, 2.05) is 60.6 Å². The van der Waals surface area contributed by atoms with E-state index in [1.165, 1.54) is 6.07 Å². The Balaban J connectivity index is 1.66. The molecular weight excluding hydrogens is 563 g/mol. The van der Waals surface area contributed by atoms with Gasteiger partial charge in [-0.05, 0) is 89.3 Å². The molecule has 6 nitrogen and oxygen atoms in total. The van der Waals surface area contributed by atoms with Crippen LogP contribution in [0.5, 0.6) is 0 Å². The van der Waals surface area contributed by atoms with Gasteiger partial charge < -0.3 is 23.9 Å². The Bertz CT molecular complexity index is 1260. The molecule has 0 bridgehead atoms. The first-order valence-corrected chi connectivity index (χ1v) is 14.2. The van der Waals surface area contributed by atoms with Gasteiger partial charge in [0, 0.05) is 22.1 Å². The van der Waals surface area contributed by atoms with Crippen molar-refractivity contribution < 1.29 is 27.8 Å². The minimum atomic E-state index is -0.933. The molecule has 210 valence electrons. The number of hydrogen-bond acceptors (Lipinski definition) is 5. The summed E-state index contributed by atoms with van der Waals surface area (Å²) in [7, 11) is -1.47. The Morgan fingerprint density at radius 3 is 2.00 bits per heavy atom. The predicted molar refractivity (Wildman–Crippen MR) is 156 cm³/mol. The van der Waals surface area contributed by atoms with Crippen molar-refractivity contribution in [2.75, 3.05) is 0 Å². The molecule has 0 radical (unpaired) electrons. The van der Waals surface area contributed by atoms with Gasteiger partial charge in [-0.3, -0.25) is 4.79 Å². The second-order valence-corrected chi connectivity index (χ2v) is 14.1. The highest BCUT2D eigenvalue weighted by molar-refractivity contribution is 9.10. The topological polar surface area (TPSA) is 66.0 Å². The third-order valence-electron chi connectivity index (χ3n) is 8.46. The Morgan fingerprint density at radius 1 is 0.872 bits per heavy atom. The molecule has 2 aliphatic rings. The van der Waals surface area contributed by atoms with Gasteiger partial charge in [-0.15, -0.1) is 0 Å². The molecule has 1 unspecified atom stereocenters. The van der Waals surface area contributed by atoms with Gasteiger partial charge in [-0.1, -0.05) is 48.8 Å². The molecule has 2 aliphatic heterocycles. The molecule has 0 spiro atoms. The smallest absolute Gasteiger partial charge is 0.405 e. The van der Waals surface area contributed by atoms with Crippen LogP contribution in [0.1, 0.15) is 96.3 Å². The minimum Gasteiger partial charge on any atom is -0.405 e. The van der Waals surface area contributed by atoms with Crippen LogP contribution in [0.3, 0.4) is 0 Å². The van der Waals surface area contributed by atoms with E-state index in [9.17, 15) is 9.18 Å². The van der Waals surface area contributed by atoms with Gasteiger partial charge in [0.05, 0.1) is 16.8 Å². The van der Waals surface area contributed by atoms with Crippen molar-refractivity contribution in [3.8, 4) is 0 Å². The van der Waals surface area contributed by atoms with E-state index >= 15 is 0 Å². The van der Waals surface area contributed by atoms with Crippen LogP contribution < -0.4 is 5.32 Å². The average molecular weight is 602 g/mol. The summed E-state index contributed by atoms with van der Waals surface area (Å²) in [6, 6.07) is 10.4. The quantitative estimate of drug-likeness (QED) is 0.396. The lowest BCUT2D eigenvalue weighted by Crippen LogP contribution is -2.44. The minimum absolute atomic E-state index is 0.0701. The number of amides is 1. The van der Waals surface area contributed by atoms with Gasteiger partial charge in [0.2, 0.25) is 0 Å². The third kappa shape index (κ3) is 5.60. The van der Waals surface area contributed by atoms with Crippen molar-refractivity contribution in [3.63, 3.8) is 0 Å². The number of carbonyl (C=O) groups is 1. The first-order valence-electron chi connectivity index (χ1n) is 13.4. The average Bonchev–Trinajstić information content (AvgIpc) is 3.19. The van der Waals surface area contributed by atoms with Crippen LogP contribution in [-0.4, -0.2) is 36.7 Å². The van der Waals surface area contributed by atoms with Gasteiger partial charge in [0.25, 0.3) is 5.91 Å². The Labute approximate surface area is 241 Å². The summed E-state index contributed by atoms with van der Waals surface area (Å²) < 4.78 is 40.6. The molecule has 2 saturated heterocycles. The normalized spacial score (nSPS) is 23.8. The van der Waals surface area contributed by atoms with Crippen molar-refractivity contribution in [1.82, 2.24) is 5.32 Å². The van der Waals surface area contributed by atoms with E-state index in [0.29, 0.717) is 15.6 Å². The van der Waals surface area contributed by atoms with Crippen LogP contribution in [0, 0.1) is 5.82 Å². The molecule has 2 aromatic carbocycles. The monoisotopic (exact) mass is 601 g/mol. The fourth-order valence-corrected chi connectivity index (χ4v) is 5.31. The number of rotatable bonds is 5.